The van der Waals surface area contributed by atoms with Gasteiger partial charge in [-0.05, 0) is 12.1 Å². The van der Waals surface area contributed by atoms with Crippen LogP contribution in [0.5, 0.6) is 0 Å². The Morgan fingerprint density at radius 2 is 1.67 bits per heavy atom. The predicted molar refractivity (Wildman–Crippen MR) is 54.1 cm³/mol. The van der Waals surface area contributed by atoms with Gasteiger partial charge >= 0.3 is 6.03 Å². The zero-order valence-corrected chi connectivity index (χ0v) is 7.82. The predicted octanol–water partition coefficient (Wildman–Crippen LogP) is 2.02. The number of hydrogen-bond acceptors (Lipinski definition) is 1. The molecule has 3 nitrogen and oxygen atoms in total. The number of halogens is 2. The highest BCUT2D eigenvalue weighted by molar-refractivity contribution is 5.87. The third-order valence-corrected chi connectivity index (χ3v) is 1.04. The van der Waals surface area contributed by atoms with E-state index in [1.165, 1.54) is 0 Å². The molecule has 0 bridgehead atoms. The van der Waals surface area contributed by atoms with Crippen molar-refractivity contribution in [1.82, 2.24) is 0 Å². The van der Waals surface area contributed by atoms with Crippen LogP contribution in [0.3, 0.4) is 0 Å². The molecule has 5 heteroatoms. The van der Waals surface area contributed by atoms with E-state index in [0.29, 0.717) is 0 Å². The molecule has 0 aromatic heterocycles. The Morgan fingerprint density at radius 1 is 1.17 bits per heavy atom. The highest BCUT2D eigenvalue weighted by atomic mass is 35.5. The highest BCUT2D eigenvalue weighted by Gasteiger charge is 1.90. The van der Waals surface area contributed by atoms with Crippen LogP contribution in [0.25, 0.3) is 0 Å². The number of benzene rings is 1. The van der Waals surface area contributed by atoms with E-state index >= 15 is 0 Å². The molecule has 0 heterocycles. The number of nitrogens with two attached hydrogens (primary N) is 1. The average Bonchev–Trinajstić information content (AvgIpc) is 1.88. The quantitative estimate of drug-likeness (QED) is 0.730. The first-order valence-electron chi connectivity index (χ1n) is 2.90. The maximum atomic E-state index is 10.3. The van der Waals surface area contributed by atoms with E-state index in [1.807, 2.05) is 18.2 Å². The lowest BCUT2D eigenvalue weighted by Crippen LogP contribution is -2.18. The van der Waals surface area contributed by atoms with Crippen molar-refractivity contribution in [2.45, 2.75) is 0 Å². The number of carbonyl (C=O) groups excluding carboxylic acids is 1. The van der Waals surface area contributed by atoms with Crippen LogP contribution in [-0.2, 0) is 0 Å². The number of rotatable bonds is 1. The van der Waals surface area contributed by atoms with E-state index < -0.39 is 6.03 Å². The number of carbonyl (C=O) groups is 1. The molecule has 0 unspecified atom stereocenters. The van der Waals surface area contributed by atoms with Gasteiger partial charge in [-0.3, -0.25) is 0 Å². The highest BCUT2D eigenvalue weighted by Crippen LogP contribution is 2.03. The molecule has 1 rings (SSSR count). The van der Waals surface area contributed by atoms with Crippen molar-refractivity contribution < 1.29 is 4.79 Å². The zero-order valence-electron chi connectivity index (χ0n) is 6.19. The van der Waals surface area contributed by atoms with Gasteiger partial charge in [0.1, 0.15) is 0 Å². The van der Waals surface area contributed by atoms with E-state index in [1.54, 1.807) is 12.1 Å². The molecule has 0 atom stereocenters. The van der Waals surface area contributed by atoms with Crippen molar-refractivity contribution in [3.05, 3.63) is 30.3 Å². The summed E-state index contributed by atoms with van der Waals surface area (Å²) >= 11 is 0. The second-order valence-electron chi connectivity index (χ2n) is 1.86. The maximum absolute atomic E-state index is 10.3. The minimum Gasteiger partial charge on any atom is -0.351 e. The molecule has 0 aliphatic heterocycles. The monoisotopic (exact) mass is 208 g/mol. The average molecular weight is 209 g/mol. The number of primary amides is 1. The Labute approximate surface area is 83.2 Å². The fourth-order valence-corrected chi connectivity index (χ4v) is 0.664. The SMILES string of the molecule is Cl.Cl.NC(=O)Nc1ccccc1. The van der Waals surface area contributed by atoms with E-state index in [4.69, 9.17) is 5.73 Å². The molecule has 0 saturated heterocycles. The Hall–Kier alpha value is -0.930. The summed E-state index contributed by atoms with van der Waals surface area (Å²) in [4.78, 5) is 10.3. The first-order valence-corrected chi connectivity index (χ1v) is 2.90. The molecule has 1 aromatic rings. The van der Waals surface area contributed by atoms with E-state index in [2.05, 4.69) is 5.32 Å². The lowest BCUT2D eigenvalue weighted by molar-refractivity contribution is 0.259. The van der Waals surface area contributed by atoms with Gasteiger partial charge in [-0.1, -0.05) is 18.2 Å². The Balaban J connectivity index is 0. The largest absolute Gasteiger partial charge is 0.351 e. The molecule has 0 saturated carbocycles. The van der Waals surface area contributed by atoms with E-state index in [9.17, 15) is 4.79 Å². The summed E-state index contributed by atoms with van der Waals surface area (Å²) < 4.78 is 0. The molecule has 3 N–H and O–H groups in total. The summed E-state index contributed by atoms with van der Waals surface area (Å²) in [7, 11) is 0. The topological polar surface area (TPSA) is 55.1 Å². The number of urea groups is 1. The van der Waals surface area contributed by atoms with Crippen molar-refractivity contribution in [3.8, 4) is 0 Å². The summed E-state index contributed by atoms with van der Waals surface area (Å²) in [6, 6.07) is 8.52. The molecular weight excluding hydrogens is 199 g/mol. The van der Waals surface area contributed by atoms with Crippen LogP contribution in [0, 0.1) is 0 Å². The normalized spacial score (nSPS) is 7.33. The van der Waals surface area contributed by atoms with E-state index in [0.717, 1.165) is 5.69 Å². The van der Waals surface area contributed by atoms with Gasteiger partial charge in [-0.15, -0.1) is 24.8 Å². The molecule has 0 aliphatic carbocycles. The molecule has 12 heavy (non-hydrogen) atoms. The van der Waals surface area contributed by atoms with Gasteiger partial charge in [0, 0.05) is 5.69 Å². The number of amides is 2. The Kier molecular flexibility index (Phi) is 7.69. The number of nitrogens with one attached hydrogen (secondary N) is 1. The van der Waals surface area contributed by atoms with Gasteiger partial charge in [0.2, 0.25) is 0 Å². The summed E-state index contributed by atoms with van der Waals surface area (Å²) in [6.07, 6.45) is 0. The molecule has 0 aliphatic rings. The lowest BCUT2D eigenvalue weighted by Gasteiger charge is -1.97. The van der Waals surface area contributed by atoms with Crippen molar-refractivity contribution in [3.63, 3.8) is 0 Å². The molecule has 1 aromatic carbocycles. The minimum atomic E-state index is -0.536. The van der Waals surface area contributed by atoms with Crippen LogP contribution in [0.4, 0.5) is 10.5 Å². The van der Waals surface area contributed by atoms with Crippen molar-refractivity contribution in [2.24, 2.45) is 5.73 Å². The maximum Gasteiger partial charge on any atom is 0.316 e. The van der Waals surface area contributed by atoms with Crippen LogP contribution in [0.1, 0.15) is 0 Å². The van der Waals surface area contributed by atoms with Gasteiger partial charge in [0.05, 0.1) is 0 Å². The third kappa shape index (κ3) is 4.82. The molecule has 0 fully saturated rings. The Bertz CT molecular complexity index is 228. The minimum absolute atomic E-state index is 0. The lowest BCUT2D eigenvalue weighted by atomic mass is 10.3. The van der Waals surface area contributed by atoms with Gasteiger partial charge in [-0.25, -0.2) is 4.79 Å². The number of hydrogen-bond donors (Lipinski definition) is 2. The smallest absolute Gasteiger partial charge is 0.316 e. The number of para-hydroxylation sites is 1. The molecule has 68 valence electrons. The van der Waals surface area contributed by atoms with Crippen LogP contribution < -0.4 is 11.1 Å². The van der Waals surface area contributed by atoms with E-state index in [-0.39, 0.29) is 24.8 Å². The molecule has 2 amide bonds. The molecule has 0 spiro atoms. The third-order valence-electron chi connectivity index (χ3n) is 1.04. The van der Waals surface area contributed by atoms with Crippen LogP contribution in [-0.4, -0.2) is 6.03 Å². The van der Waals surface area contributed by atoms with Gasteiger partial charge in [0.15, 0.2) is 0 Å². The first kappa shape index (κ1) is 13.6. The molecular formula is C7H10Cl2N2O. The summed E-state index contributed by atoms with van der Waals surface area (Å²) in [6.45, 7) is 0. The second-order valence-corrected chi connectivity index (χ2v) is 1.86. The Morgan fingerprint density at radius 3 is 2.08 bits per heavy atom. The summed E-state index contributed by atoms with van der Waals surface area (Å²) in [5, 5.41) is 2.44. The fraction of sp³-hybridized carbons (Fsp3) is 0. The van der Waals surface area contributed by atoms with Crippen LogP contribution in [0.2, 0.25) is 0 Å². The summed E-state index contributed by atoms with van der Waals surface area (Å²) in [5.74, 6) is 0. The van der Waals surface area contributed by atoms with Gasteiger partial charge < -0.3 is 11.1 Å². The van der Waals surface area contributed by atoms with Crippen molar-refractivity contribution in [2.75, 3.05) is 5.32 Å². The summed E-state index contributed by atoms with van der Waals surface area (Å²) in [5.41, 5.74) is 5.59. The number of anilines is 1. The van der Waals surface area contributed by atoms with Crippen LogP contribution >= 0.6 is 24.8 Å². The fourth-order valence-electron chi connectivity index (χ4n) is 0.664. The van der Waals surface area contributed by atoms with Gasteiger partial charge in [0.25, 0.3) is 0 Å². The van der Waals surface area contributed by atoms with Crippen molar-refractivity contribution in [1.29, 1.82) is 0 Å². The molecule has 0 radical (unpaired) electrons. The standard InChI is InChI=1S/C7H8N2O.2ClH/c8-7(10)9-6-4-2-1-3-5-6;;/h1-5H,(H3,8,9,10);2*1H. The second kappa shape index (κ2) is 6.76. The van der Waals surface area contributed by atoms with Gasteiger partial charge in [-0.2, -0.15) is 0 Å². The first-order chi connectivity index (χ1) is 4.79. The van der Waals surface area contributed by atoms with Crippen LogP contribution in [0.15, 0.2) is 30.3 Å². The van der Waals surface area contributed by atoms with Crippen molar-refractivity contribution >= 4 is 36.5 Å². The zero-order chi connectivity index (χ0) is 7.40.